The maximum absolute atomic E-state index is 14.0. The van der Waals surface area contributed by atoms with E-state index in [-0.39, 0.29) is 18.0 Å². The molecule has 1 rings (SSSR count). The van der Waals surface area contributed by atoms with Crippen molar-refractivity contribution in [2.75, 3.05) is 0 Å². The highest BCUT2D eigenvalue weighted by molar-refractivity contribution is 6.70. The zero-order valence-corrected chi connectivity index (χ0v) is 14.6. The molecule has 0 saturated heterocycles. The van der Waals surface area contributed by atoms with E-state index >= 15 is 0 Å². The number of unbranched alkanes of at least 4 members (excludes halogenated alkanes) is 1. The Morgan fingerprint density at radius 2 is 1.90 bits per heavy atom. The van der Waals surface area contributed by atoms with E-state index in [0.29, 0.717) is 11.6 Å². The normalized spacial score (nSPS) is 14.5. The molecule has 0 aliphatic heterocycles. The van der Waals surface area contributed by atoms with Gasteiger partial charge in [0.1, 0.15) is 6.10 Å². The SMILES string of the molecule is CCCCC(OC(=O)c1ccccc1)C(C)C[Si](C)(C)F. The Bertz CT molecular complexity index is 428. The molecule has 1 aromatic rings. The van der Waals surface area contributed by atoms with Gasteiger partial charge >= 0.3 is 5.97 Å². The van der Waals surface area contributed by atoms with Gasteiger partial charge in [-0.05, 0) is 43.6 Å². The van der Waals surface area contributed by atoms with Crippen molar-refractivity contribution in [3.8, 4) is 0 Å². The first kappa shape index (κ1) is 17.9. The van der Waals surface area contributed by atoms with Crippen molar-refractivity contribution >= 4 is 14.4 Å². The molecular formula is C17H27FO2Si. The van der Waals surface area contributed by atoms with Gasteiger partial charge in [-0.15, -0.1) is 0 Å². The van der Waals surface area contributed by atoms with E-state index in [9.17, 15) is 8.90 Å². The summed E-state index contributed by atoms with van der Waals surface area (Å²) in [5, 5.41) is 0. The molecule has 2 atom stereocenters. The Morgan fingerprint density at radius 3 is 2.43 bits per heavy atom. The number of hydrogen-bond acceptors (Lipinski definition) is 2. The molecule has 0 bridgehead atoms. The maximum atomic E-state index is 14.0. The number of ether oxygens (including phenoxy) is 1. The topological polar surface area (TPSA) is 26.3 Å². The molecule has 0 amide bonds. The Labute approximate surface area is 128 Å². The van der Waals surface area contributed by atoms with Gasteiger partial charge in [0.2, 0.25) is 8.41 Å². The summed E-state index contributed by atoms with van der Waals surface area (Å²) >= 11 is 0. The molecule has 0 aliphatic carbocycles. The molecule has 1 aromatic carbocycles. The second-order valence-electron chi connectivity index (χ2n) is 6.35. The van der Waals surface area contributed by atoms with E-state index < -0.39 is 8.41 Å². The number of benzene rings is 1. The zero-order chi connectivity index (χ0) is 15.9. The van der Waals surface area contributed by atoms with Gasteiger partial charge in [0, 0.05) is 0 Å². The maximum Gasteiger partial charge on any atom is 0.338 e. The fourth-order valence-electron chi connectivity index (χ4n) is 2.54. The van der Waals surface area contributed by atoms with Crippen LogP contribution in [0.2, 0.25) is 19.1 Å². The molecule has 0 heterocycles. The van der Waals surface area contributed by atoms with Crippen LogP contribution in [0.5, 0.6) is 0 Å². The van der Waals surface area contributed by atoms with Crippen LogP contribution in [0.25, 0.3) is 0 Å². The third-order valence-electron chi connectivity index (χ3n) is 3.55. The number of halogens is 1. The predicted molar refractivity (Wildman–Crippen MR) is 87.7 cm³/mol. The number of esters is 1. The van der Waals surface area contributed by atoms with Crippen LogP contribution < -0.4 is 0 Å². The third kappa shape index (κ3) is 6.89. The standard InChI is InChI=1S/C17H27FO2Si/c1-5-6-12-16(14(2)13-21(3,4)18)20-17(19)15-10-8-7-9-11-15/h7-11,14,16H,5-6,12-13H2,1-4H3. The van der Waals surface area contributed by atoms with E-state index in [4.69, 9.17) is 4.74 Å². The molecule has 2 unspecified atom stereocenters. The van der Waals surface area contributed by atoms with Crippen LogP contribution in [-0.4, -0.2) is 20.5 Å². The van der Waals surface area contributed by atoms with Crippen LogP contribution >= 0.6 is 0 Å². The third-order valence-corrected chi connectivity index (χ3v) is 5.17. The lowest BCUT2D eigenvalue weighted by molar-refractivity contribution is 0.0149. The Balaban J connectivity index is 2.71. The van der Waals surface area contributed by atoms with Gasteiger partial charge in [-0.25, -0.2) is 4.79 Å². The Morgan fingerprint density at radius 1 is 1.29 bits per heavy atom. The minimum absolute atomic E-state index is 0.0656. The van der Waals surface area contributed by atoms with Crippen LogP contribution in [0.3, 0.4) is 0 Å². The van der Waals surface area contributed by atoms with Crippen LogP contribution in [0.15, 0.2) is 30.3 Å². The molecule has 0 aromatic heterocycles. The van der Waals surface area contributed by atoms with Crippen LogP contribution in [0.4, 0.5) is 4.11 Å². The average molecular weight is 310 g/mol. The van der Waals surface area contributed by atoms with Gasteiger partial charge in [-0.3, -0.25) is 0 Å². The second kappa shape index (κ2) is 8.32. The number of rotatable bonds is 8. The van der Waals surface area contributed by atoms with Gasteiger partial charge in [-0.1, -0.05) is 44.9 Å². The molecule has 118 valence electrons. The van der Waals surface area contributed by atoms with Gasteiger partial charge in [-0.2, -0.15) is 0 Å². The predicted octanol–water partition coefficient (Wildman–Crippen LogP) is 5.21. The van der Waals surface area contributed by atoms with Crippen molar-refractivity contribution in [3.63, 3.8) is 0 Å². The van der Waals surface area contributed by atoms with Crippen molar-refractivity contribution in [1.29, 1.82) is 0 Å². The van der Waals surface area contributed by atoms with Gasteiger partial charge < -0.3 is 8.84 Å². The molecule has 0 N–H and O–H groups in total. The Kier molecular flexibility index (Phi) is 7.09. The highest BCUT2D eigenvalue weighted by Crippen LogP contribution is 2.26. The molecule has 2 nitrogen and oxygen atoms in total. The van der Waals surface area contributed by atoms with Gasteiger partial charge in [0.15, 0.2) is 0 Å². The first-order chi connectivity index (χ1) is 9.83. The lowest BCUT2D eigenvalue weighted by Crippen LogP contribution is -2.31. The van der Waals surface area contributed by atoms with Crippen LogP contribution in [0.1, 0.15) is 43.5 Å². The van der Waals surface area contributed by atoms with Gasteiger partial charge in [0.25, 0.3) is 0 Å². The highest BCUT2D eigenvalue weighted by Gasteiger charge is 2.30. The quantitative estimate of drug-likeness (QED) is 0.374. The van der Waals surface area contributed by atoms with Crippen molar-refractivity contribution in [2.45, 2.75) is 58.4 Å². The average Bonchev–Trinajstić information content (AvgIpc) is 2.42. The lowest BCUT2D eigenvalue weighted by atomic mass is 10.0. The Hall–Kier alpha value is -1.16. The molecule has 0 aliphatic rings. The summed E-state index contributed by atoms with van der Waals surface area (Å²) in [4.78, 5) is 12.2. The molecule has 21 heavy (non-hydrogen) atoms. The second-order valence-corrected chi connectivity index (χ2v) is 10.2. The fourth-order valence-corrected chi connectivity index (χ4v) is 4.34. The summed E-state index contributed by atoms with van der Waals surface area (Å²) in [6, 6.07) is 9.53. The van der Waals surface area contributed by atoms with Gasteiger partial charge in [0.05, 0.1) is 5.56 Å². The summed E-state index contributed by atoms with van der Waals surface area (Å²) < 4.78 is 19.6. The molecule has 0 radical (unpaired) electrons. The summed E-state index contributed by atoms with van der Waals surface area (Å²) in [6.07, 6.45) is 2.65. The monoisotopic (exact) mass is 310 g/mol. The van der Waals surface area contributed by atoms with E-state index in [1.165, 1.54) is 0 Å². The van der Waals surface area contributed by atoms with Crippen LogP contribution in [-0.2, 0) is 4.74 Å². The lowest BCUT2D eigenvalue weighted by Gasteiger charge is -2.26. The highest BCUT2D eigenvalue weighted by atomic mass is 28.4. The first-order valence-electron chi connectivity index (χ1n) is 7.78. The number of carbonyl (C=O) groups is 1. The van der Waals surface area contributed by atoms with Crippen molar-refractivity contribution < 1.29 is 13.6 Å². The summed E-state index contributed by atoms with van der Waals surface area (Å²) in [5.41, 5.74) is 0.558. The minimum atomic E-state index is -2.64. The summed E-state index contributed by atoms with van der Waals surface area (Å²) in [7, 11) is -2.64. The fraction of sp³-hybridized carbons (Fsp3) is 0.588. The number of hydrogen-bond donors (Lipinski definition) is 0. The molecule has 0 saturated carbocycles. The van der Waals surface area contributed by atoms with Crippen molar-refractivity contribution in [2.24, 2.45) is 5.92 Å². The molecule has 4 heteroatoms. The smallest absolute Gasteiger partial charge is 0.338 e. The van der Waals surface area contributed by atoms with Crippen molar-refractivity contribution in [3.05, 3.63) is 35.9 Å². The molecule has 0 spiro atoms. The molecule has 0 fully saturated rings. The number of carbonyl (C=O) groups excluding carboxylic acids is 1. The van der Waals surface area contributed by atoms with E-state index in [1.54, 1.807) is 25.2 Å². The van der Waals surface area contributed by atoms with E-state index in [1.807, 2.05) is 25.1 Å². The van der Waals surface area contributed by atoms with E-state index in [0.717, 1.165) is 19.3 Å². The summed E-state index contributed by atoms with van der Waals surface area (Å²) in [6.45, 7) is 7.51. The minimum Gasteiger partial charge on any atom is -0.459 e. The van der Waals surface area contributed by atoms with Crippen LogP contribution in [0, 0.1) is 5.92 Å². The van der Waals surface area contributed by atoms with E-state index in [2.05, 4.69) is 6.92 Å². The first-order valence-corrected chi connectivity index (χ1v) is 10.9. The largest absolute Gasteiger partial charge is 0.459 e. The summed E-state index contributed by atoms with van der Waals surface area (Å²) in [5.74, 6) is -0.238. The zero-order valence-electron chi connectivity index (χ0n) is 13.6. The molecular weight excluding hydrogens is 283 g/mol. The van der Waals surface area contributed by atoms with Crippen molar-refractivity contribution in [1.82, 2.24) is 0 Å².